The number of hydrogen-bond acceptors (Lipinski definition) is 3. The lowest BCUT2D eigenvalue weighted by Crippen LogP contribution is -2.45. The molecule has 0 heterocycles. The van der Waals surface area contributed by atoms with Crippen molar-refractivity contribution in [2.45, 2.75) is 19.1 Å². The van der Waals surface area contributed by atoms with Gasteiger partial charge in [0.1, 0.15) is 11.8 Å². The summed E-state index contributed by atoms with van der Waals surface area (Å²) in [5.74, 6) is -0.0876. The smallest absolute Gasteiger partial charge is 0.261 e. The first-order valence-corrected chi connectivity index (χ1v) is 12.5. The molecule has 0 spiro atoms. The van der Waals surface area contributed by atoms with Gasteiger partial charge in [-0.05, 0) is 47.0 Å². The standard InChI is InChI=1S/C30H26Cl2N2O3/c31-25-17-15-22(16-18-25)20-34(28(35)21-37-26-12-5-2-6-13-26)29(23-9-3-1-4-10-23)30(36)33-19-24-11-7-8-14-27(24)32/h1-18,29H,19-21H2,(H,33,36)/t29-/m0/s1. The molecule has 0 aliphatic heterocycles. The summed E-state index contributed by atoms with van der Waals surface area (Å²) in [6.45, 7) is 0.192. The molecule has 7 heteroatoms. The monoisotopic (exact) mass is 532 g/mol. The number of halogens is 2. The Balaban J connectivity index is 1.63. The Labute approximate surface area is 226 Å². The Bertz CT molecular complexity index is 1320. The van der Waals surface area contributed by atoms with Crippen LogP contribution in [0.1, 0.15) is 22.7 Å². The highest BCUT2D eigenvalue weighted by Crippen LogP contribution is 2.25. The molecule has 5 nitrogen and oxygen atoms in total. The Morgan fingerprint density at radius 3 is 2.08 bits per heavy atom. The summed E-state index contributed by atoms with van der Waals surface area (Å²) in [5, 5.41) is 4.11. The van der Waals surface area contributed by atoms with E-state index in [1.165, 1.54) is 4.90 Å². The number of nitrogens with one attached hydrogen (secondary N) is 1. The molecule has 0 saturated heterocycles. The van der Waals surface area contributed by atoms with E-state index in [2.05, 4.69) is 5.32 Å². The second kappa shape index (κ2) is 12.9. The van der Waals surface area contributed by atoms with Crippen LogP contribution in [0, 0.1) is 0 Å². The first kappa shape index (κ1) is 26.3. The summed E-state index contributed by atoms with van der Waals surface area (Å²) in [5.41, 5.74) is 2.30. The van der Waals surface area contributed by atoms with E-state index in [0.717, 1.165) is 11.1 Å². The van der Waals surface area contributed by atoms with Crippen LogP contribution in [-0.4, -0.2) is 23.3 Å². The van der Waals surface area contributed by atoms with Gasteiger partial charge in [0.25, 0.3) is 5.91 Å². The topological polar surface area (TPSA) is 58.6 Å². The Morgan fingerprint density at radius 1 is 0.784 bits per heavy atom. The van der Waals surface area contributed by atoms with Gasteiger partial charge in [0, 0.05) is 23.1 Å². The van der Waals surface area contributed by atoms with Crippen LogP contribution in [0.4, 0.5) is 0 Å². The molecule has 4 aromatic rings. The number of ether oxygens (including phenoxy) is 1. The van der Waals surface area contributed by atoms with Gasteiger partial charge in [0.2, 0.25) is 5.91 Å². The van der Waals surface area contributed by atoms with Crippen LogP contribution in [0.3, 0.4) is 0 Å². The fourth-order valence-corrected chi connectivity index (χ4v) is 4.21. The number of hydrogen-bond donors (Lipinski definition) is 1. The van der Waals surface area contributed by atoms with Gasteiger partial charge in [0.05, 0.1) is 0 Å². The van der Waals surface area contributed by atoms with E-state index in [1.54, 1.807) is 30.3 Å². The van der Waals surface area contributed by atoms with Gasteiger partial charge >= 0.3 is 0 Å². The van der Waals surface area contributed by atoms with E-state index in [1.807, 2.05) is 78.9 Å². The molecular weight excluding hydrogens is 507 g/mol. The highest BCUT2D eigenvalue weighted by Gasteiger charge is 2.32. The van der Waals surface area contributed by atoms with Crippen LogP contribution < -0.4 is 10.1 Å². The molecule has 2 amide bonds. The van der Waals surface area contributed by atoms with Crippen molar-refractivity contribution in [2.75, 3.05) is 6.61 Å². The maximum absolute atomic E-state index is 13.7. The second-order valence-corrected chi connectivity index (χ2v) is 9.22. The summed E-state index contributed by atoms with van der Waals surface area (Å²) in [6.07, 6.45) is 0. The Hall–Kier alpha value is -3.80. The molecule has 4 aromatic carbocycles. The first-order chi connectivity index (χ1) is 18.0. The Kier molecular flexibility index (Phi) is 9.19. The molecular formula is C30H26Cl2N2O3. The zero-order valence-electron chi connectivity index (χ0n) is 20.0. The van der Waals surface area contributed by atoms with Crippen LogP contribution in [0.25, 0.3) is 0 Å². The van der Waals surface area contributed by atoms with Crippen molar-refractivity contribution in [3.8, 4) is 5.75 Å². The molecule has 0 aliphatic carbocycles. The zero-order chi connectivity index (χ0) is 26.0. The number of nitrogens with zero attached hydrogens (tertiary/aromatic N) is 1. The summed E-state index contributed by atoms with van der Waals surface area (Å²) in [6, 6.07) is 31.9. The van der Waals surface area contributed by atoms with E-state index < -0.39 is 6.04 Å². The van der Waals surface area contributed by atoms with Gasteiger partial charge in [-0.15, -0.1) is 0 Å². The van der Waals surface area contributed by atoms with Gasteiger partial charge in [0.15, 0.2) is 6.61 Å². The minimum absolute atomic E-state index is 0.188. The maximum Gasteiger partial charge on any atom is 0.261 e. The van der Waals surface area contributed by atoms with Crippen molar-refractivity contribution in [1.82, 2.24) is 10.2 Å². The van der Waals surface area contributed by atoms with Crippen molar-refractivity contribution >= 4 is 35.0 Å². The summed E-state index contributed by atoms with van der Waals surface area (Å²) >= 11 is 12.4. The van der Waals surface area contributed by atoms with Crippen LogP contribution >= 0.6 is 23.2 Å². The highest BCUT2D eigenvalue weighted by molar-refractivity contribution is 6.31. The van der Waals surface area contributed by atoms with Crippen molar-refractivity contribution in [3.05, 3.63) is 136 Å². The molecule has 0 aromatic heterocycles. The number of carbonyl (C=O) groups is 2. The molecule has 4 rings (SSSR count). The number of benzene rings is 4. The molecule has 0 fully saturated rings. The largest absolute Gasteiger partial charge is 0.484 e. The summed E-state index contributed by atoms with van der Waals surface area (Å²) in [4.78, 5) is 28.8. The van der Waals surface area contributed by atoms with Gasteiger partial charge < -0.3 is 15.0 Å². The number of rotatable bonds is 10. The third-order valence-electron chi connectivity index (χ3n) is 5.78. The maximum atomic E-state index is 13.7. The van der Waals surface area contributed by atoms with E-state index >= 15 is 0 Å². The van der Waals surface area contributed by atoms with E-state index in [9.17, 15) is 9.59 Å². The average Bonchev–Trinajstić information content (AvgIpc) is 2.93. The minimum atomic E-state index is -0.897. The van der Waals surface area contributed by atoms with Gasteiger partial charge in [-0.2, -0.15) is 0 Å². The van der Waals surface area contributed by atoms with Crippen molar-refractivity contribution in [2.24, 2.45) is 0 Å². The predicted molar refractivity (Wildman–Crippen MR) is 146 cm³/mol. The molecule has 0 radical (unpaired) electrons. The van der Waals surface area contributed by atoms with E-state index in [-0.39, 0.29) is 31.5 Å². The van der Waals surface area contributed by atoms with Crippen LogP contribution in [0.15, 0.2) is 109 Å². The minimum Gasteiger partial charge on any atom is -0.484 e. The molecule has 0 bridgehead atoms. The normalized spacial score (nSPS) is 11.4. The van der Waals surface area contributed by atoms with E-state index in [0.29, 0.717) is 21.4 Å². The van der Waals surface area contributed by atoms with Gasteiger partial charge in [-0.3, -0.25) is 9.59 Å². The second-order valence-electron chi connectivity index (χ2n) is 8.37. The lowest BCUT2D eigenvalue weighted by Gasteiger charge is -2.31. The zero-order valence-corrected chi connectivity index (χ0v) is 21.5. The van der Waals surface area contributed by atoms with Gasteiger partial charge in [-0.25, -0.2) is 0 Å². The van der Waals surface area contributed by atoms with E-state index in [4.69, 9.17) is 27.9 Å². The Morgan fingerprint density at radius 2 is 1.41 bits per heavy atom. The third kappa shape index (κ3) is 7.35. The third-order valence-corrected chi connectivity index (χ3v) is 6.40. The van der Waals surface area contributed by atoms with Crippen LogP contribution in [0.5, 0.6) is 5.75 Å². The first-order valence-electron chi connectivity index (χ1n) is 11.8. The number of para-hydroxylation sites is 1. The summed E-state index contributed by atoms with van der Waals surface area (Å²) < 4.78 is 5.75. The van der Waals surface area contributed by atoms with Crippen LogP contribution in [0.2, 0.25) is 10.0 Å². The van der Waals surface area contributed by atoms with Gasteiger partial charge in [-0.1, -0.05) is 102 Å². The van der Waals surface area contributed by atoms with Crippen molar-refractivity contribution in [1.29, 1.82) is 0 Å². The average molecular weight is 533 g/mol. The molecule has 0 unspecified atom stereocenters. The fourth-order valence-electron chi connectivity index (χ4n) is 3.88. The lowest BCUT2D eigenvalue weighted by atomic mass is 10.0. The lowest BCUT2D eigenvalue weighted by molar-refractivity contribution is -0.143. The fraction of sp³-hybridized carbons (Fsp3) is 0.133. The molecule has 37 heavy (non-hydrogen) atoms. The number of amides is 2. The highest BCUT2D eigenvalue weighted by atomic mass is 35.5. The predicted octanol–water partition coefficient (Wildman–Crippen LogP) is 6.46. The summed E-state index contributed by atoms with van der Waals surface area (Å²) in [7, 11) is 0. The molecule has 1 atom stereocenters. The molecule has 0 aliphatic rings. The molecule has 1 N–H and O–H groups in total. The van der Waals surface area contributed by atoms with Crippen molar-refractivity contribution < 1.29 is 14.3 Å². The SMILES string of the molecule is O=C(NCc1ccccc1Cl)[C@H](c1ccccc1)N(Cc1ccc(Cl)cc1)C(=O)COc1ccccc1. The number of carbonyl (C=O) groups excluding carboxylic acids is 2. The van der Waals surface area contributed by atoms with Crippen molar-refractivity contribution in [3.63, 3.8) is 0 Å². The quantitative estimate of drug-likeness (QED) is 0.255. The molecule has 0 saturated carbocycles. The molecule has 188 valence electrons. The van der Waals surface area contributed by atoms with Crippen LogP contribution in [-0.2, 0) is 22.7 Å².